The van der Waals surface area contributed by atoms with Crippen molar-refractivity contribution >= 4 is 23.0 Å². The normalized spacial score (nSPS) is 16.1. The van der Waals surface area contributed by atoms with Gasteiger partial charge in [0.05, 0.1) is 17.3 Å². The summed E-state index contributed by atoms with van der Waals surface area (Å²) in [6.07, 6.45) is 0.322. The van der Waals surface area contributed by atoms with Crippen LogP contribution in [0.1, 0.15) is 58.2 Å². The van der Waals surface area contributed by atoms with Crippen LogP contribution in [0, 0.1) is 32.1 Å². The molecule has 198 valence electrons. The zero-order valence-corrected chi connectivity index (χ0v) is 23.7. The van der Waals surface area contributed by atoms with E-state index in [1.165, 1.54) is 0 Å². The fourth-order valence-corrected chi connectivity index (χ4v) is 6.66. The highest BCUT2D eigenvalue weighted by Gasteiger charge is 2.51. The molecule has 1 unspecified atom stereocenters. The van der Waals surface area contributed by atoms with Gasteiger partial charge in [-0.25, -0.2) is 0 Å². The van der Waals surface area contributed by atoms with Gasteiger partial charge >= 0.3 is 5.97 Å². The number of aliphatic imine (C=N–C) groups is 1. The number of nitriles is 1. The van der Waals surface area contributed by atoms with Gasteiger partial charge in [-0.1, -0.05) is 43.3 Å². The molecule has 0 saturated heterocycles. The van der Waals surface area contributed by atoms with E-state index >= 15 is 0 Å². The zero-order valence-electron chi connectivity index (χ0n) is 22.9. The molecule has 39 heavy (non-hydrogen) atoms. The van der Waals surface area contributed by atoms with E-state index in [-0.39, 0.29) is 0 Å². The summed E-state index contributed by atoms with van der Waals surface area (Å²) >= 11 is 1.64. The van der Waals surface area contributed by atoms with Crippen molar-refractivity contribution in [3.8, 4) is 22.2 Å². The van der Waals surface area contributed by atoms with Crippen molar-refractivity contribution in [2.24, 2.45) is 4.99 Å². The standard InChI is InChI=1S/C30H30N6O2S/c1-7-30(29(37)38,35(5)6)26-27-34-33-19(4)36(27)28-24(17(2)18(3)39-28)25(32-26)22-13-11-21(12-14-22)23-10-8-9-20(15-23)16-31/h8-15,26H,7H2,1-6H3,(H,37,38)/t26?,30-/m0/s1. The van der Waals surface area contributed by atoms with Crippen LogP contribution < -0.4 is 0 Å². The molecule has 4 aromatic rings. The predicted octanol–water partition coefficient (Wildman–Crippen LogP) is 5.48. The molecule has 1 N–H and O–H groups in total. The van der Waals surface area contributed by atoms with Gasteiger partial charge in [-0.2, -0.15) is 5.26 Å². The Morgan fingerprint density at radius 3 is 2.41 bits per heavy atom. The Morgan fingerprint density at radius 1 is 1.10 bits per heavy atom. The van der Waals surface area contributed by atoms with Crippen molar-refractivity contribution in [3.05, 3.63) is 87.3 Å². The number of likely N-dealkylation sites (N-methyl/N-ethyl adjacent to an activating group) is 1. The summed E-state index contributed by atoms with van der Waals surface area (Å²) in [5.74, 6) is 0.255. The molecule has 0 radical (unpaired) electrons. The number of hydrogen-bond acceptors (Lipinski definition) is 7. The van der Waals surface area contributed by atoms with Crippen molar-refractivity contribution < 1.29 is 9.90 Å². The van der Waals surface area contributed by atoms with Gasteiger partial charge in [-0.3, -0.25) is 19.3 Å². The number of aliphatic carboxylic acids is 1. The number of nitrogens with zero attached hydrogens (tertiary/aromatic N) is 6. The highest BCUT2D eigenvalue weighted by atomic mass is 32.1. The summed E-state index contributed by atoms with van der Waals surface area (Å²) in [6, 6.07) is 17.0. The Labute approximate surface area is 231 Å². The molecular weight excluding hydrogens is 508 g/mol. The van der Waals surface area contributed by atoms with Crippen LogP contribution >= 0.6 is 11.3 Å². The molecule has 3 heterocycles. The number of thiophene rings is 1. The van der Waals surface area contributed by atoms with Crippen LogP contribution in [0.5, 0.6) is 0 Å². The van der Waals surface area contributed by atoms with E-state index in [0.29, 0.717) is 23.6 Å². The van der Waals surface area contributed by atoms with E-state index in [0.717, 1.165) is 43.4 Å². The third-order valence-corrected chi connectivity index (χ3v) is 8.99. The first kappa shape index (κ1) is 26.5. The minimum Gasteiger partial charge on any atom is -0.480 e. The first-order valence-electron chi connectivity index (χ1n) is 12.8. The number of carboxylic acids is 1. The van der Waals surface area contributed by atoms with Gasteiger partial charge in [0, 0.05) is 16.0 Å². The molecule has 9 heteroatoms. The minimum atomic E-state index is -1.34. The van der Waals surface area contributed by atoms with E-state index in [1.54, 1.807) is 36.4 Å². The number of hydrogen-bond donors (Lipinski definition) is 1. The molecular formula is C30H30N6O2S. The van der Waals surface area contributed by atoms with Crippen LogP contribution in [0.25, 0.3) is 16.1 Å². The van der Waals surface area contributed by atoms with Gasteiger partial charge in [-0.05, 0) is 70.1 Å². The lowest BCUT2D eigenvalue weighted by molar-refractivity contribution is -0.152. The molecule has 0 saturated carbocycles. The average Bonchev–Trinajstić information content (AvgIpc) is 3.39. The summed E-state index contributed by atoms with van der Waals surface area (Å²) in [4.78, 5) is 21.1. The Kier molecular flexibility index (Phi) is 6.70. The second kappa shape index (κ2) is 9.88. The molecule has 0 fully saturated rings. The smallest absolute Gasteiger partial charge is 0.326 e. The second-order valence-corrected chi connectivity index (χ2v) is 11.2. The third-order valence-electron chi connectivity index (χ3n) is 7.80. The van der Waals surface area contributed by atoms with Gasteiger partial charge in [-0.15, -0.1) is 21.5 Å². The number of benzene rings is 2. The Balaban J connectivity index is 1.77. The molecule has 2 atom stereocenters. The number of aryl methyl sites for hydroxylation is 2. The maximum absolute atomic E-state index is 13.0. The average molecular weight is 539 g/mol. The molecule has 5 rings (SSSR count). The van der Waals surface area contributed by atoms with Crippen molar-refractivity contribution in [2.75, 3.05) is 14.1 Å². The molecule has 0 bridgehead atoms. The number of carbonyl (C=O) groups is 1. The highest BCUT2D eigenvalue weighted by Crippen LogP contribution is 2.44. The lowest BCUT2D eigenvalue weighted by atomic mass is 9.85. The van der Waals surface area contributed by atoms with Gasteiger partial charge in [0.15, 0.2) is 5.82 Å². The van der Waals surface area contributed by atoms with E-state index in [9.17, 15) is 15.2 Å². The number of aromatic nitrogens is 3. The van der Waals surface area contributed by atoms with Gasteiger partial charge < -0.3 is 5.11 Å². The first-order chi connectivity index (χ1) is 18.6. The summed E-state index contributed by atoms with van der Waals surface area (Å²) < 4.78 is 1.99. The van der Waals surface area contributed by atoms with Gasteiger partial charge in [0.1, 0.15) is 22.4 Å². The van der Waals surface area contributed by atoms with Crippen molar-refractivity contribution in [1.82, 2.24) is 19.7 Å². The summed E-state index contributed by atoms with van der Waals surface area (Å²) in [5, 5.41) is 29.7. The fourth-order valence-electron chi connectivity index (χ4n) is 5.45. The minimum absolute atomic E-state index is 0.322. The van der Waals surface area contributed by atoms with Crippen molar-refractivity contribution in [2.45, 2.75) is 45.7 Å². The lowest BCUT2D eigenvalue weighted by Gasteiger charge is -2.39. The van der Waals surface area contributed by atoms with Crippen molar-refractivity contribution in [3.63, 3.8) is 0 Å². The fraction of sp³-hybridized carbons (Fsp3) is 0.300. The second-order valence-electron chi connectivity index (χ2n) is 10.0. The van der Waals surface area contributed by atoms with Gasteiger partial charge in [0.2, 0.25) is 0 Å². The molecule has 2 aromatic heterocycles. The molecule has 0 aliphatic carbocycles. The summed E-state index contributed by atoms with van der Waals surface area (Å²) in [5.41, 5.74) is 4.89. The van der Waals surface area contributed by atoms with Crippen LogP contribution in [0.3, 0.4) is 0 Å². The maximum Gasteiger partial charge on any atom is 0.326 e. The SMILES string of the molecule is CC[C@@](C(=O)O)(C1N=C(c2ccc(-c3cccc(C#N)c3)cc2)c2c(sc(C)c2C)-n2c(C)nnc21)N(C)C. The third kappa shape index (κ3) is 4.08. The highest BCUT2D eigenvalue weighted by molar-refractivity contribution is 7.15. The zero-order chi connectivity index (χ0) is 28.1. The Bertz CT molecular complexity index is 1660. The summed E-state index contributed by atoms with van der Waals surface area (Å²) in [6.45, 7) is 7.93. The summed E-state index contributed by atoms with van der Waals surface area (Å²) in [7, 11) is 3.56. The molecule has 0 spiro atoms. The molecule has 1 aliphatic heterocycles. The van der Waals surface area contributed by atoms with Crippen LogP contribution in [-0.4, -0.2) is 56.1 Å². The van der Waals surface area contributed by atoms with E-state index in [4.69, 9.17) is 4.99 Å². The topological polar surface area (TPSA) is 107 Å². The number of rotatable bonds is 6. The molecule has 1 aliphatic rings. The van der Waals surface area contributed by atoms with Crippen LogP contribution in [0.4, 0.5) is 0 Å². The largest absolute Gasteiger partial charge is 0.480 e. The van der Waals surface area contributed by atoms with Gasteiger partial charge in [0.25, 0.3) is 0 Å². The lowest BCUT2D eigenvalue weighted by Crippen LogP contribution is -2.55. The van der Waals surface area contributed by atoms with Crippen molar-refractivity contribution in [1.29, 1.82) is 5.26 Å². The van der Waals surface area contributed by atoms with E-state index < -0.39 is 17.6 Å². The first-order valence-corrected chi connectivity index (χ1v) is 13.6. The number of fused-ring (bicyclic) bond motifs is 3. The predicted molar refractivity (Wildman–Crippen MR) is 153 cm³/mol. The van der Waals surface area contributed by atoms with E-state index in [1.807, 2.05) is 60.9 Å². The van der Waals surface area contributed by atoms with Crippen LogP contribution in [0.15, 0.2) is 53.5 Å². The molecule has 8 nitrogen and oxygen atoms in total. The van der Waals surface area contributed by atoms with Crippen LogP contribution in [-0.2, 0) is 4.79 Å². The van der Waals surface area contributed by atoms with E-state index in [2.05, 4.69) is 30.1 Å². The quantitative estimate of drug-likeness (QED) is 0.348. The number of carboxylic acid groups (broad SMARTS) is 1. The monoisotopic (exact) mass is 538 g/mol. The Morgan fingerprint density at radius 2 is 1.79 bits per heavy atom. The van der Waals surface area contributed by atoms with Crippen LogP contribution in [0.2, 0.25) is 0 Å². The Hall–Kier alpha value is -4.13. The maximum atomic E-state index is 13.0. The molecule has 0 amide bonds. The molecule has 2 aromatic carbocycles.